The van der Waals surface area contributed by atoms with Crippen LogP contribution in [0.15, 0.2) is 18.2 Å². The normalized spacial score (nSPS) is 11.9. The zero-order valence-corrected chi connectivity index (χ0v) is 9.86. The monoisotopic (exact) mass is 218 g/mol. The first-order valence-corrected chi connectivity index (χ1v) is 5.51. The van der Waals surface area contributed by atoms with Gasteiger partial charge in [-0.15, -0.1) is 0 Å². The van der Waals surface area contributed by atoms with Crippen molar-refractivity contribution in [3.63, 3.8) is 0 Å². The molecule has 0 aliphatic heterocycles. The molecule has 0 radical (unpaired) electrons. The highest BCUT2D eigenvalue weighted by Gasteiger charge is 2.03. The lowest BCUT2D eigenvalue weighted by atomic mass is 10.1. The van der Waals surface area contributed by atoms with Crippen LogP contribution in [-0.2, 0) is 0 Å². The van der Waals surface area contributed by atoms with Gasteiger partial charge in [0.2, 0.25) is 0 Å². The van der Waals surface area contributed by atoms with Crippen LogP contribution in [0.3, 0.4) is 0 Å². The third kappa shape index (κ3) is 3.56. The smallest absolute Gasteiger partial charge is 0.122 e. The molecule has 0 saturated heterocycles. The standard InChI is InChI=1S/C13H18N2O/c1-10-9-12(11(2)15)5-6-13(10)16-8-4-3-7-14/h5-6,9,11H,3-4,8,15H2,1-2H3. The average Bonchev–Trinajstić information content (AvgIpc) is 2.26. The molecule has 16 heavy (non-hydrogen) atoms. The van der Waals surface area contributed by atoms with Crippen LogP contribution in [0.2, 0.25) is 0 Å². The lowest BCUT2D eigenvalue weighted by Gasteiger charge is -2.11. The van der Waals surface area contributed by atoms with Gasteiger partial charge in [0.25, 0.3) is 0 Å². The van der Waals surface area contributed by atoms with Crippen molar-refractivity contribution in [1.29, 1.82) is 5.26 Å². The third-order valence-corrected chi connectivity index (χ3v) is 2.42. The van der Waals surface area contributed by atoms with Gasteiger partial charge in [0, 0.05) is 12.5 Å². The minimum Gasteiger partial charge on any atom is -0.493 e. The van der Waals surface area contributed by atoms with Crippen molar-refractivity contribution in [2.75, 3.05) is 6.61 Å². The molecule has 1 atom stereocenters. The summed E-state index contributed by atoms with van der Waals surface area (Å²) in [6.07, 6.45) is 1.31. The summed E-state index contributed by atoms with van der Waals surface area (Å²) in [5.74, 6) is 0.877. The summed E-state index contributed by atoms with van der Waals surface area (Å²) < 4.78 is 5.58. The Morgan fingerprint density at radius 1 is 1.50 bits per heavy atom. The van der Waals surface area contributed by atoms with Gasteiger partial charge in [-0.1, -0.05) is 12.1 Å². The topological polar surface area (TPSA) is 59.0 Å². The molecule has 0 aliphatic rings. The molecule has 0 saturated carbocycles. The second kappa shape index (κ2) is 6.14. The Kier molecular flexibility index (Phi) is 4.81. The first-order chi connectivity index (χ1) is 7.65. The van der Waals surface area contributed by atoms with Crippen LogP contribution in [0.1, 0.15) is 36.9 Å². The predicted octanol–water partition coefficient (Wildman–Crippen LogP) is 2.70. The number of nitriles is 1. The molecule has 0 aromatic heterocycles. The van der Waals surface area contributed by atoms with Gasteiger partial charge in [-0.2, -0.15) is 5.26 Å². The van der Waals surface area contributed by atoms with E-state index in [0.717, 1.165) is 23.3 Å². The SMILES string of the molecule is Cc1cc(C(C)N)ccc1OCCCC#N. The van der Waals surface area contributed by atoms with E-state index < -0.39 is 0 Å². The van der Waals surface area contributed by atoms with Gasteiger partial charge in [0.15, 0.2) is 0 Å². The van der Waals surface area contributed by atoms with Crippen molar-refractivity contribution in [2.24, 2.45) is 5.73 Å². The molecule has 1 rings (SSSR count). The van der Waals surface area contributed by atoms with Crippen molar-refractivity contribution < 1.29 is 4.74 Å². The number of unbranched alkanes of at least 4 members (excludes halogenated alkanes) is 1. The predicted molar refractivity (Wildman–Crippen MR) is 64.1 cm³/mol. The molecule has 0 aliphatic carbocycles. The lowest BCUT2D eigenvalue weighted by molar-refractivity contribution is 0.310. The molecular weight excluding hydrogens is 200 g/mol. The zero-order chi connectivity index (χ0) is 12.0. The number of aryl methyl sites for hydroxylation is 1. The van der Waals surface area contributed by atoms with Crippen LogP contribution in [0.4, 0.5) is 0 Å². The van der Waals surface area contributed by atoms with Crippen molar-refractivity contribution in [3.8, 4) is 11.8 Å². The first kappa shape index (κ1) is 12.5. The summed E-state index contributed by atoms with van der Waals surface area (Å²) >= 11 is 0. The number of benzene rings is 1. The largest absolute Gasteiger partial charge is 0.493 e. The summed E-state index contributed by atoms with van der Waals surface area (Å²) in [7, 11) is 0. The van der Waals surface area contributed by atoms with Gasteiger partial charge < -0.3 is 10.5 Å². The van der Waals surface area contributed by atoms with Gasteiger partial charge in [-0.25, -0.2) is 0 Å². The number of nitrogens with two attached hydrogens (primary N) is 1. The Hall–Kier alpha value is -1.53. The molecule has 0 spiro atoms. The Balaban J connectivity index is 2.58. The maximum absolute atomic E-state index is 8.40. The second-order valence-corrected chi connectivity index (χ2v) is 3.92. The van der Waals surface area contributed by atoms with Crippen molar-refractivity contribution >= 4 is 0 Å². The Morgan fingerprint density at radius 2 is 2.25 bits per heavy atom. The third-order valence-electron chi connectivity index (χ3n) is 2.42. The van der Waals surface area contributed by atoms with Crippen LogP contribution in [0.5, 0.6) is 5.75 Å². The Morgan fingerprint density at radius 3 is 2.81 bits per heavy atom. The Labute approximate surface area is 96.8 Å². The molecule has 1 aromatic rings. The van der Waals surface area contributed by atoms with E-state index in [1.807, 2.05) is 32.0 Å². The number of rotatable bonds is 5. The molecule has 86 valence electrons. The fourth-order valence-electron chi connectivity index (χ4n) is 1.45. The molecule has 3 nitrogen and oxygen atoms in total. The number of hydrogen-bond donors (Lipinski definition) is 1. The number of hydrogen-bond acceptors (Lipinski definition) is 3. The van der Waals surface area contributed by atoms with Gasteiger partial charge in [-0.3, -0.25) is 0 Å². The summed E-state index contributed by atoms with van der Waals surface area (Å²) in [4.78, 5) is 0. The molecule has 0 amide bonds. The fourth-order valence-corrected chi connectivity index (χ4v) is 1.45. The molecule has 0 fully saturated rings. The van der Waals surface area contributed by atoms with Gasteiger partial charge in [-0.05, 0) is 37.5 Å². The van der Waals surface area contributed by atoms with E-state index in [-0.39, 0.29) is 6.04 Å². The van der Waals surface area contributed by atoms with Crippen LogP contribution >= 0.6 is 0 Å². The Bertz CT molecular complexity index is 380. The second-order valence-electron chi connectivity index (χ2n) is 3.92. The first-order valence-electron chi connectivity index (χ1n) is 5.51. The maximum Gasteiger partial charge on any atom is 0.122 e. The molecule has 2 N–H and O–H groups in total. The van der Waals surface area contributed by atoms with Crippen molar-refractivity contribution in [2.45, 2.75) is 32.7 Å². The quantitative estimate of drug-likeness (QED) is 0.773. The van der Waals surface area contributed by atoms with Crippen LogP contribution in [-0.4, -0.2) is 6.61 Å². The molecule has 3 heteroatoms. The zero-order valence-electron chi connectivity index (χ0n) is 9.86. The van der Waals surface area contributed by atoms with E-state index in [2.05, 4.69) is 6.07 Å². The van der Waals surface area contributed by atoms with Gasteiger partial charge in [0.05, 0.1) is 12.7 Å². The summed E-state index contributed by atoms with van der Waals surface area (Å²) in [5, 5.41) is 8.40. The molecule has 1 unspecified atom stereocenters. The minimum absolute atomic E-state index is 0.0475. The highest BCUT2D eigenvalue weighted by Crippen LogP contribution is 2.21. The van der Waals surface area contributed by atoms with E-state index in [1.54, 1.807) is 0 Å². The van der Waals surface area contributed by atoms with Gasteiger partial charge >= 0.3 is 0 Å². The summed E-state index contributed by atoms with van der Waals surface area (Å²) in [5.41, 5.74) is 8.00. The van der Waals surface area contributed by atoms with Crippen LogP contribution in [0.25, 0.3) is 0 Å². The number of nitrogens with zero attached hydrogens (tertiary/aromatic N) is 1. The minimum atomic E-state index is 0.0475. The fraction of sp³-hybridized carbons (Fsp3) is 0.462. The van der Waals surface area contributed by atoms with E-state index in [1.165, 1.54) is 0 Å². The van der Waals surface area contributed by atoms with E-state index in [4.69, 9.17) is 15.7 Å². The van der Waals surface area contributed by atoms with Gasteiger partial charge in [0.1, 0.15) is 5.75 Å². The lowest BCUT2D eigenvalue weighted by Crippen LogP contribution is -2.06. The number of ether oxygens (including phenoxy) is 1. The highest BCUT2D eigenvalue weighted by molar-refractivity contribution is 5.37. The maximum atomic E-state index is 8.40. The van der Waals surface area contributed by atoms with E-state index in [9.17, 15) is 0 Å². The summed E-state index contributed by atoms with van der Waals surface area (Å²) in [6.45, 7) is 4.56. The average molecular weight is 218 g/mol. The molecule has 0 heterocycles. The van der Waals surface area contributed by atoms with Crippen LogP contribution < -0.4 is 10.5 Å². The highest BCUT2D eigenvalue weighted by atomic mass is 16.5. The van der Waals surface area contributed by atoms with Crippen LogP contribution in [0, 0.1) is 18.3 Å². The molecule has 0 bridgehead atoms. The van der Waals surface area contributed by atoms with E-state index >= 15 is 0 Å². The van der Waals surface area contributed by atoms with Crippen molar-refractivity contribution in [3.05, 3.63) is 29.3 Å². The summed E-state index contributed by atoms with van der Waals surface area (Å²) in [6, 6.07) is 8.12. The molecular formula is C13H18N2O. The van der Waals surface area contributed by atoms with Crippen molar-refractivity contribution in [1.82, 2.24) is 0 Å². The van der Waals surface area contributed by atoms with E-state index in [0.29, 0.717) is 13.0 Å². The molecule has 1 aromatic carbocycles.